The summed E-state index contributed by atoms with van der Waals surface area (Å²) in [5, 5.41) is 6.76. The average molecular weight is 478 g/mol. The van der Waals surface area contributed by atoms with Gasteiger partial charge in [-0.3, -0.25) is 4.99 Å². The zero-order valence-corrected chi connectivity index (χ0v) is 18.5. The van der Waals surface area contributed by atoms with Gasteiger partial charge in [0, 0.05) is 44.5 Å². The molecule has 1 saturated heterocycles. The quantitative estimate of drug-likeness (QED) is 0.358. The Bertz CT molecular complexity index is 568. The Balaban J connectivity index is 0.00000338. The van der Waals surface area contributed by atoms with Gasteiger partial charge >= 0.3 is 0 Å². The monoisotopic (exact) mass is 478 g/mol. The molecule has 1 aromatic rings. The van der Waals surface area contributed by atoms with Crippen LogP contribution in [0.4, 0.5) is 10.2 Å². The summed E-state index contributed by atoms with van der Waals surface area (Å²) in [6.45, 7) is 10.4. The number of likely N-dealkylation sites (N-methyl/N-ethyl adjacent to an activating group) is 1. The van der Waals surface area contributed by atoms with Crippen LogP contribution >= 0.6 is 24.0 Å². The van der Waals surface area contributed by atoms with Crippen molar-refractivity contribution in [2.24, 2.45) is 4.99 Å². The molecule has 1 aliphatic rings. The summed E-state index contributed by atoms with van der Waals surface area (Å²) in [6, 6.07) is 3.83. The van der Waals surface area contributed by atoms with E-state index in [1.54, 1.807) is 12.3 Å². The number of hydrogen-bond acceptors (Lipinski definition) is 4. The predicted molar refractivity (Wildman–Crippen MR) is 117 cm³/mol. The standard InChI is InChI=1S/C18H31FN6.HI/c1-5-20-18(22-10-12-24(4)14(2)3)23-15-8-11-25(13-15)17-16(19)7-6-9-21-17;/h6-7,9,14-15H,5,8,10-13H2,1-4H3,(H2,20,22,23);1H. The Morgan fingerprint density at radius 2 is 2.27 bits per heavy atom. The van der Waals surface area contributed by atoms with Crippen LogP contribution in [0.1, 0.15) is 27.2 Å². The number of guanidine groups is 1. The minimum Gasteiger partial charge on any atom is -0.357 e. The van der Waals surface area contributed by atoms with Crippen molar-refractivity contribution in [2.75, 3.05) is 44.7 Å². The van der Waals surface area contributed by atoms with Gasteiger partial charge in [0.25, 0.3) is 0 Å². The van der Waals surface area contributed by atoms with Gasteiger partial charge in [0.1, 0.15) is 0 Å². The third kappa shape index (κ3) is 6.86. The molecule has 1 unspecified atom stereocenters. The molecule has 8 heteroatoms. The molecule has 26 heavy (non-hydrogen) atoms. The first kappa shape index (κ1) is 22.9. The van der Waals surface area contributed by atoms with Gasteiger partial charge < -0.3 is 20.4 Å². The Hall–Kier alpha value is -1.16. The van der Waals surface area contributed by atoms with E-state index in [1.807, 2.05) is 4.90 Å². The SMILES string of the molecule is CCNC(=NCCN(C)C(C)C)NC1CCN(c2ncccc2F)C1.I. The fraction of sp³-hybridized carbons (Fsp3) is 0.667. The number of anilines is 1. The van der Waals surface area contributed by atoms with Crippen molar-refractivity contribution >= 4 is 35.8 Å². The van der Waals surface area contributed by atoms with Gasteiger partial charge in [-0.25, -0.2) is 9.37 Å². The van der Waals surface area contributed by atoms with Crippen molar-refractivity contribution in [2.45, 2.75) is 39.3 Å². The fourth-order valence-electron chi connectivity index (χ4n) is 2.77. The van der Waals surface area contributed by atoms with Gasteiger partial charge in [0.15, 0.2) is 17.6 Å². The van der Waals surface area contributed by atoms with Gasteiger partial charge in [-0.2, -0.15) is 0 Å². The van der Waals surface area contributed by atoms with Crippen molar-refractivity contribution in [3.63, 3.8) is 0 Å². The van der Waals surface area contributed by atoms with E-state index in [0.717, 1.165) is 45.1 Å². The highest BCUT2D eigenvalue weighted by atomic mass is 127. The Morgan fingerprint density at radius 1 is 1.50 bits per heavy atom. The third-order valence-electron chi connectivity index (χ3n) is 4.52. The molecule has 1 atom stereocenters. The van der Waals surface area contributed by atoms with Crippen LogP contribution in [0.2, 0.25) is 0 Å². The van der Waals surface area contributed by atoms with Crippen LogP contribution < -0.4 is 15.5 Å². The van der Waals surface area contributed by atoms with Gasteiger partial charge in [0.2, 0.25) is 0 Å². The number of nitrogens with zero attached hydrogens (tertiary/aromatic N) is 4. The summed E-state index contributed by atoms with van der Waals surface area (Å²) in [6.07, 6.45) is 2.57. The van der Waals surface area contributed by atoms with Crippen LogP contribution in [0.3, 0.4) is 0 Å². The number of rotatable bonds is 7. The number of halogens is 2. The number of nitrogens with one attached hydrogen (secondary N) is 2. The topological polar surface area (TPSA) is 55.8 Å². The molecule has 0 amide bonds. The smallest absolute Gasteiger partial charge is 0.191 e. The second-order valence-corrected chi connectivity index (χ2v) is 6.72. The first-order chi connectivity index (χ1) is 12.0. The highest BCUT2D eigenvalue weighted by Gasteiger charge is 2.25. The van der Waals surface area contributed by atoms with E-state index in [2.05, 4.69) is 53.3 Å². The van der Waals surface area contributed by atoms with Gasteiger partial charge in [-0.15, -0.1) is 24.0 Å². The molecule has 1 fully saturated rings. The summed E-state index contributed by atoms with van der Waals surface area (Å²) >= 11 is 0. The molecule has 2 N–H and O–H groups in total. The molecule has 0 spiro atoms. The van der Waals surface area contributed by atoms with Crippen molar-refractivity contribution in [1.82, 2.24) is 20.5 Å². The molecule has 1 aromatic heterocycles. The van der Waals surface area contributed by atoms with Gasteiger partial charge in [0.05, 0.1) is 6.54 Å². The summed E-state index contributed by atoms with van der Waals surface area (Å²) in [4.78, 5) is 13.1. The van der Waals surface area contributed by atoms with E-state index < -0.39 is 0 Å². The molecule has 1 aliphatic heterocycles. The lowest BCUT2D eigenvalue weighted by Crippen LogP contribution is -2.45. The van der Waals surface area contributed by atoms with E-state index in [0.29, 0.717) is 11.9 Å². The van der Waals surface area contributed by atoms with Crippen molar-refractivity contribution in [1.29, 1.82) is 0 Å². The molecule has 0 aromatic carbocycles. The summed E-state index contributed by atoms with van der Waals surface area (Å²) < 4.78 is 13.9. The summed E-state index contributed by atoms with van der Waals surface area (Å²) in [5.41, 5.74) is 0. The van der Waals surface area contributed by atoms with E-state index in [1.165, 1.54) is 6.07 Å². The first-order valence-corrected chi connectivity index (χ1v) is 9.11. The second-order valence-electron chi connectivity index (χ2n) is 6.72. The molecular weight excluding hydrogens is 446 g/mol. The number of pyridine rings is 1. The maximum atomic E-state index is 13.9. The Kier molecular flexibility index (Phi) is 10.1. The van der Waals surface area contributed by atoms with Crippen molar-refractivity contribution < 1.29 is 4.39 Å². The normalized spacial score (nSPS) is 17.6. The highest BCUT2D eigenvalue weighted by Crippen LogP contribution is 2.20. The lowest BCUT2D eigenvalue weighted by atomic mass is 10.3. The molecule has 2 heterocycles. The lowest BCUT2D eigenvalue weighted by Gasteiger charge is -2.21. The largest absolute Gasteiger partial charge is 0.357 e. The maximum absolute atomic E-state index is 13.9. The molecule has 0 aliphatic carbocycles. The van der Waals surface area contributed by atoms with Crippen LogP contribution in [0.5, 0.6) is 0 Å². The Labute approximate surface area is 173 Å². The molecule has 2 rings (SSSR count). The molecule has 0 bridgehead atoms. The highest BCUT2D eigenvalue weighted by molar-refractivity contribution is 14.0. The van der Waals surface area contributed by atoms with Crippen molar-refractivity contribution in [3.8, 4) is 0 Å². The van der Waals surface area contributed by atoms with Crippen LogP contribution in [-0.4, -0.2) is 67.7 Å². The van der Waals surface area contributed by atoms with Crippen LogP contribution in [0.15, 0.2) is 23.3 Å². The lowest BCUT2D eigenvalue weighted by molar-refractivity contribution is 0.282. The number of aromatic nitrogens is 1. The van der Waals surface area contributed by atoms with Crippen LogP contribution in [-0.2, 0) is 0 Å². The zero-order valence-electron chi connectivity index (χ0n) is 16.2. The van der Waals surface area contributed by atoms with Crippen LogP contribution in [0, 0.1) is 5.82 Å². The van der Waals surface area contributed by atoms with Gasteiger partial charge in [-0.05, 0) is 46.4 Å². The predicted octanol–water partition coefficient (Wildman–Crippen LogP) is 2.31. The first-order valence-electron chi connectivity index (χ1n) is 9.11. The second kappa shape index (κ2) is 11.5. The van der Waals surface area contributed by atoms with E-state index in [4.69, 9.17) is 0 Å². The van der Waals surface area contributed by atoms with Crippen molar-refractivity contribution in [3.05, 3.63) is 24.1 Å². The van der Waals surface area contributed by atoms with E-state index in [9.17, 15) is 4.39 Å². The summed E-state index contributed by atoms with van der Waals surface area (Å²) in [5.74, 6) is 1.00. The fourth-order valence-corrected chi connectivity index (χ4v) is 2.77. The Morgan fingerprint density at radius 3 is 2.92 bits per heavy atom. The molecule has 0 radical (unpaired) electrons. The molecule has 6 nitrogen and oxygen atoms in total. The molecule has 0 saturated carbocycles. The van der Waals surface area contributed by atoms with Gasteiger partial charge in [-0.1, -0.05) is 0 Å². The molecule has 148 valence electrons. The maximum Gasteiger partial charge on any atom is 0.191 e. The third-order valence-corrected chi connectivity index (χ3v) is 4.52. The van der Waals surface area contributed by atoms with E-state index in [-0.39, 0.29) is 35.8 Å². The zero-order chi connectivity index (χ0) is 18.2. The average Bonchev–Trinajstić information content (AvgIpc) is 3.03. The minimum absolute atomic E-state index is 0. The molecular formula is C18H32FIN6. The number of hydrogen-bond donors (Lipinski definition) is 2. The minimum atomic E-state index is -0.263. The number of aliphatic imine (C=N–C) groups is 1. The van der Waals surface area contributed by atoms with Crippen LogP contribution in [0.25, 0.3) is 0 Å². The van der Waals surface area contributed by atoms with E-state index >= 15 is 0 Å². The summed E-state index contributed by atoms with van der Waals surface area (Å²) in [7, 11) is 2.11.